The molecule has 0 saturated carbocycles. The predicted octanol–water partition coefficient (Wildman–Crippen LogP) is 3.24. The quantitative estimate of drug-likeness (QED) is 0.752. The Hall–Kier alpha value is -1.08. The van der Waals surface area contributed by atoms with Gasteiger partial charge in [0.25, 0.3) is 0 Å². The molecular weight excluding hydrogens is 196 g/mol. The van der Waals surface area contributed by atoms with Gasteiger partial charge in [0.15, 0.2) is 0 Å². The van der Waals surface area contributed by atoms with E-state index in [1.165, 1.54) is 27.8 Å². The minimum absolute atomic E-state index is 0.207. The van der Waals surface area contributed by atoms with E-state index in [1.807, 2.05) is 6.08 Å². The summed E-state index contributed by atoms with van der Waals surface area (Å²) in [5.41, 5.74) is 6.91. The lowest BCUT2D eigenvalue weighted by molar-refractivity contribution is 0.223. The molecule has 0 radical (unpaired) electrons. The highest BCUT2D eigenvalue weighted by Gasteiger charge is 2.14. The molecule has 16 heavy (non-hydrogen) atoms. The van der Waals surface area contributed by atoms with Gasteiger partial charge in [-0.3, -0.25) is 0 Å². The van der Waals surface area contributed by atoms with Gasteiger partial charge < -0.3 is 5.11 Å². The van der Waals surface area contributed by atoms with Crippen LogP contribution in [-0.4, -0.2) is 11.2 Å². The first-order valence-corrected chi connectivity index (χ1v) is 6.00. The Morgan fingerprint density at radius 2 is 1.81 bits per heavy atom. The fourth-order valence-electron chi connectivity index (χ4n) is 2.64. The van der Waals surface area contributed by atoms with Crippen molar-refractivity contribution in [1.29, 1.82) is 0 Å². The van der Waals surface area contributed by atoms with E-state index in [-0.39, 0.29) is 6.10 Å². The molecule has 1 nitrogen and oxygen atoms in total. The van der Waals surface area contributed by atoms with Crippen LogP contribution in [0.1, 0.15) is 35.1 Å². The zero-order valence-electron chi connectivity index (χ0n) is 10.4. The molecule has 1 atom stereocenters. The Morgan fingerprint density at radius 1 is 1.19 bits per heavy atom. The molecule has 0 saturated heterocycles. The van der Waals surface area contributed by atoms with Gasteiger partial charge in [-0.25, -0.2) is 0 Å². The Morgan fingerprint density at radius 3 is 2.31 bits per heavy atom. The Bertz CT molecular complexity index is 406. The van der Waals surface area contributed by atoms with Gasteiger partial charge in [-0.15, -0.1) is 0 Å². The molecule has 0 aromatic heterocycles. The molecule has 0 spiro atoms. The first kappa shape index (κ1) is 11.4. The van der Waals surface area contributed by atoms with Crippen LogP contribution in [0.3, 0.4) is 0 Å². The van der Waals surface area contributed by atoms with Crippen LogP contribution in [0.2, 0.25) is 0 Å². The van der Waals surface area contributed by atoms with Gasteiger partial charge in [-0.2, -0.15) is 0 Å². The summed E-state index contributed by atoms with van der Waals surface area (Å²) in [5.74, 6) is 0. The maximum absolute atomic E-state index is 9.48. The second-order valence-electron chi connectivity index (χ2n) is 4.98. The summed E-state index contributed by atoms with van der Waals surface area (Å²) >= 11 is 0. The smallest absolute Gasteiger partial charge is 0.0726 e. The van der Waals surface area contributed by atoms with Crippen LogP contribution in [0.25, 0.3) is 0 Å². The lowest BCUT2D eigenvalue weighted by Crippen LogP contribution is -1.97. The largest absolute Gasteiger partial charge is 0.389 e. The van der Waals surface area contributed by atoms with Crippen LogP contribution in [0.15, 0.2) is 23.8 Å². The molecule has 0 aliphatic heterocycles. The third-order valence-electron chi connectivity index (χ3n) is 3.43. The maximum Gasteiger partial charge on any atom is 0.0726 e. The van der Waals surface area contributed by atoms with Crippen molar-refractivity contribution in [3.63, 3.8) is 0 Å². The van der Waals surface area contributed by atoms with E-state index in [1.54, 1.807) is 0 Å². The zero-order chi connectivity index (χ0) is 11.7. The Labute approximate surface area is 97.8 Å². The molecular formula is C15H20O. The number of allylic oxidation sites excluding steroid dienone is 1. The van der Waals surface area contributed by atoms with Gasteiger partial charge in [-0.1, -0.05) is 29.3 Å². The third-order valence-corrected chi connectivity index (χ3v) is 3.43. The second-order valence-corrected chi connectivity index (χ2v) is 4.98. The van der Waals surface area contributed by atoms with Crippen molar-refractivity contribution in [2.24, 2.45) is 0 Å². The molecule has 0 heterocycles. The Kier molecular flexibility index (Phi) is 3.15. The van der Waals surface area contributed by atoms with Crippen molar-refractivity contribution >= 4 is 0 Å². The molecule has 1 aliphatic carbocycles. The summed E-state index contributed by atoms with van der Waals surface area (Å²) in [6.07, 6.45) is 4.78. The van der Waals surface area contributed by atoms with Gasteiger partial charge in [0, 0.05) is 0 Å². The lowest BCUT2D eigenvalue weighted by Gasteiger charge is -2.11. The van der Waals surface area contributed by atoms with Crippen molar-refractivity contribution in [3.8, 4) is 0 Å². The molecule has 0 bridgehead atoms. The number of hydrogen-bond donors (Lipinski definition) is 1. The van der Waals surface area contributed by atoms with Gasteiger partial charge in [-0.05, 0) is 56.7 Å². The number of aliphatic hydroxyl groups excluding tert-OH is 1. The van der Waals surface area contributed by atoms with Crippen LogP contribution < -0.4 is 0 Å². The first-order valence-electron chi connectivity index (χ1n) is 6.00. The van der Waals surface area contributed by atoms with E-state index < -0.39 is 0 Å². The van der Waals surface area contributed by atoms with Crippen LogP contribution in [0.4, 0.5) is 0 Å². The number of rotatable bonds is 2. The van der Waals surface area contributed by atoms with E-state index in [0.29, 0.717) is 0 Å². The van der Waals surface area contributed by atoms with E-state index in [9.17, 15) is 5.11 Å². The average Bonchev–Trinajstić information content (AvgIpc) is 2.58. The monoisotopic (exact) mass is 216 g/mol. The molecule has 1 aromatic rings. The molecule has 1 N–H and O–H groups in total. The van der Waals surface area contributed by atoms with Crippen molar-refractivity contribution in [3.05, 3.63) is 46.0 Å². The first-order chi connectivity index (χ1) is 7.56. The fraction of sp³-hybridized carbons (Fsp3) is 0.467. The fourth-order valence-corrected chi connectivity index (χ4v) is 2.64. The van der Waals surface area contributed by atoms with Gasteiger partial charge in [0.1, 0.15) is 0 Å². The summed E-state index contributed by atoms with van der Waals surface area (Å²) in [5, 5.41) is 9.48. The molecule has 86 valence electrons. The summed E-state index contributed by atoms with van der Waals surface area (Å²) in [6, 6.07) is 4.49. The normalized spacial score (nSPS) is 20.0. The summed E-state index contributed by atoms with van der Waals surface area (Å²) in [4.78, 5) is 0. The highest BCUT2D eigenvalue weighted by atomic mass is 16.3. The summed E-state index contributed by atoms with van der Waals surface area (Å²) in [7, 11) is 0. The van der Waals surface area contributed by atoms with Crippen LogP contribution in [-0.2, 0) is 6.42 Å². The molecule has 1 aromatic carbocycles. The van der Waals surface area contributed by atoms with Crippen LogP contribution in [0.5, 0.6) is 0 Å². The van der Waals surface area contributed by atoms with Crippen molar-refractivity contribution in [2.45, 2.75) is 46.1 Å². The topological polar surface area (TPSA) is 20.2 Å². The summed E-state index contributed by atoms with van der Waals surface area (Å²) in [6.45, 7) is 6.50. The molecule has 0 fully saturated rings. The van der Waals surface area contributed by atoms with Gasteiger partial charge in [0.05, 0.1) is 6.10 Å². The maximum atomic E-state index is 9.48. The van der Waals surface area contributed by atoms with E-state index in [4.69, 9.17) is 0 Å². The van der Waals surface area contributed by atoms with Crippen LogP contribution >= 0.6 is 0 Å². The Balaban J connectivity index is 2.25. The SMILES string of the molecule is Cc1cc(C)c(CC2=CC(O)CC2)c(C)c1. The molecule has 2 rings (SSSR count). The highest BCUT2D eigenvalue weighted by molar-refractivity contribution is 5.40. The average molecular weight is 216 g/mol. The van der Waals surface area contributed by atoms with Crippen molar-refractivity contribution in [1.82, 2.24) is 0 Å². The highest BCUT2D eigenvalue weighted by Crippen LogP contribution is 2.26. The van der Waals surface area contributed by atoms with Crippen molar-refractivity contribution in [2.75, 3.05) is 0 Å². The van der Waals surface area contributed by atoms with Crippen LogP contribution in [0, 0.1) is 20.8 Å². The number of benzene rings is 1. The lowest BCUT2D eigenvalue weighted by atomic mass is 9.94. The number of aliphatic hydroxyl groups is 1. The standard InChI is InChI=1S/C15H20O/c1-10-6-11(2)15(12(3)7-10)9-13-4-5-14(16)8-13/h6-8,14,16H,4-5,9H2,1-3H3. The van der Waals surface area contributed by atoms with Crippen molar-refractivity contribution < 1.29 is 5.11 Å². The zero-order valence-corrected chi connectivity index (χ0v) is 10.4. The molecule has 1 aliphatic rings. The minimum atomic E-state index is -0.207. The minimum Gasteiger partial charge on any atom is -0.389 e. The summed E-state index contributed by atoms with van der Waals surface area (Å²) < 4.78 is 0. The molecule has 1 unspecified atom stereocenters. The number of aryl methyl sites for hydroxylation is 3. The predicted molar refractivity (Wildman–Crippen MR) is 67.7 cm³/mol. The van der Waals surface area contributed by atoms with E-state index in [2.05, 4.69) is 32.9 Å². The van der Waals surface area contributed by atoms with Gasteiger partial charge in [0.2, 0.25) is 0 Å². The number of hydrogen-bond acceptors (Lipinski definition) is 1. The molecule has 0 amide bonds. The van der Waals surface area contributed by atoms with Gasteiger partial charge >= 0.3 is 0 Å². The van der Waals surface area contributed by atoms with E-state index >= 15 is 0 Å². The third kappa shape index (κ3) is 2.35. The molecule has 1 heteroatoms. The second kappa shape index (κ2) is 4.42. The van der Waals surface area contributed by atoms with E-state index in [0.717, 1.165) is 19.3 Å².